The lowest BCUT2D eigenvalue weighted by Crippen LogP contribution is -2.54. The standard InChI is InChI=1S/C17H30O10/c1-16(2)24-7-10(25-16)14-13(26-17(3,4)27-14)9(19)6-23-15-12(21)11(20)8(18)5-22-15/h8-15,18-21H,5-7H2,1-4H3/t8-,9-,10-,11-,12+,13-,14-,15-/m1/s1. The predicted octanol–water partition coefficient (Wildman–Crippen LogP) is -1.53. The van der Waals surface area contributed by atoms with Crippen molar-refractivity contribution in [1.82, 2.24) is 0 Å². The minimum absolute atomic E-state index is 0.181. The third-order valence-electron chi connectivity index (χ3n) is 4.83. The molecule has 0 radical (unpaired) electrons. The lowest BCUT2D eigenvalue weighted by molar-refractivity contribution is -0.277. The molecule has 3 fully saturated rings. The summed E-state index contributed by atoms with van der Waals surface area (Å²) in [6.07, 6.45) is -8.03. The SMILES string of the molecule is CC1(C)O[C@H]([C@H](O)CO[C@H]2OC[C@@H](O)[C@@H](O)[C@@H]2O)[C@@H]([C@H]2COC(C)(C)O2)O1. The maximum absolute atomic E-state index is 10.6. The summed E-state index contributed by atoms with van der Waals surface area (Å²) in [4.78, 5) is 0. The summed E-state index contributed by atoms with van der Waals surface area (Å²) in [5.41, 5.74) is 0. The normalized spacial score (nSPS) is 45.1. The van der Waals surface area contributed by atoms with Crippen LogP contribution in [0.3, 0.4) is 0 Å². The molecule has 158 valence electrons. The molecule has 4 N–H and O–H groups in total. The summed E-state index contributed by atoms with van der Waals surface area (Å²) in [7, 11) is 0. The first-order chi connectivity index (χ1) is 12.5. The van der Waals surface area contributed by atoms with Crippen molar-refractivity contribution in [3.63, 3.8) is 0 Å². The van der Waals surface area contributed by atoms with Gasteiger partial charge in [-0.2, -0.15) is 0 Å². The van der Waals surface area contributed by atoms with Crippen molar-refractivity contribution >= 4 is 0 Å². The third-order valence-corrected chi connectivity index (χ3v) is 4.83. The van der Waals surface area contributed by atoms with Crippen molar-refractivity contribution in [2.45, 2.75) is 88.3 Å². The van der Waals surface area contributed by atoms with E-state index >= 15 is 0 Å². The molecule has 3 saturated heterocycles. The molecule has 8 atom stereocenters. The summed E-state index contributed by atoms with van der Waals surface area (Å²) in [6.45, 7) is 6.95. The molecule has 3 aliphatic rings. The van der Waals surface area contributed by atoms with Crippen LogP contribution in [0, 0.1) is 0 Å². The number of aliphatic hydroxyl groups is 4. The number of ether oxygens (including phenoxy) is 6. The zero-order chi connectivity index (χ0) is 20.0. The average molecular weight is 394 g/mol. The highest BCUT2D eigenvalue weighted by atomic mass is 16.8. The van der Waals surface area contributed by atoms with Crippen molar-refractivity contribution in [1.29, 1.82) is 0 Å². The van der Waals surface area contributed by atoms with Crippen LogP contribution in [0.2, 0.25) is 0 Å². The monoisotopic (exact) mass is 394 g/mol. The van der Waals surface area contributed by atoms with Gasteiger partial charge >= 0.3 is 0 Å². The van der Waals surface area contributed by atoms with E-state index in [4.69, 9.17) is 28.4 Å². The Morgan fingerprint density at radius 3 is 2.30 bits per heavy atom. The fourth-order valence-corrected chi connectivity index (χ4v) is 3.49. The van der Waals surface area contributed by atoms with Crippen molar-refractivity contribution in [3.8, 4) is 0 Å². The van der Waals surface area contributed by atoms with Crippen LogP contribution in [0.1, 0.15) is 27.7 Å². The van der Waals surface area contributed by atoms with Crippen molar-refractivity contribution < 1.29 is 48.8 Å². The molecule has 0 amide bonds. The Morgan fingerprint density at radius 1 is 0.963 bits per heavy atom. The van der Waals surface area contributed by atoms with Gasteiger partial charge in [0, 0.05) is 0 Å². The van der Waals surface area contributed by atoms with Crippen LogP contribution in [0.4, 0.5) is 0 Å². The molecule has 0 saturated carbocycles. The molecule has 3 heterocycles. The summed E-state index contributed by atoms with van der Waals surface area (Å²) in [5.74, 6) is -1.67. The molecule has 0 aromatic rings. The van der Waals surface area contributed by atoms with E-state index in [9.17, 15) is 20.4 Å². The molecule has 10 nitrogen and oxygen atoms in total. The summed E-state index contributed by atoms with van der Waals surface area (Å²) in [5, 5.41) is 39.7. The van der Waals surface area contributed by atoms with Gasteiger partial charge < -0.3 is 48.8 Å². The summed E-state index contributed by atoms with van der Waals surface area (Å²) in [6, 6.07) is 0. The highest BCUT2D eigenvalue weighted by Gasteiger charge is 2.52. The van der Waals surface area contributed by atoms with Gasteiger partial charge in [-0.25, -0.2) is 0 Å². The quantitative estimate of drug-likeness (QED) is 0.435. The van der Waals surface area contributed by atoms with Gasteiger partial charge in [-0.05, 0) is 27.7 Å². The van der Waals surface area contributed by atoms with Crippen molar-refractivity contribution in [2.24, 2.45) is 0 Å². The van der Waals surface area contributed by atoms with Crippen molar-refractivity contribution in [2.75, 3.05) is 19.8 Å². The molecule has 0 aliphatic carbocycles. The van der Waals surface area contributed by atoms with Crippen LogP contribution in [0.5, 0.6) is 0 Å². The first-order valence-corrected chi connectivity index (χ1v) is 9.12. The minimum atomic E-state index is -1.43. The minimum Gasteiger partial charge on any atom is -0.388 e. The molecule has 3 aliphatic heterocycles. The van der Waals surface area contributed by atoms with Gasteiger partial charge in [0.25, 0.3) is 0 Å². The molecule has 3 rings (SSSR count). The van der Waals surface area contributed by atoms with Gasteiger partial charge in [0.05, 0.1) is 19.8 Å². The van der Waals surface area contributed by atoms with Crippen LogP contribution in [0.15, 0.2) is 0 Å². The highest BCUT2D eigenvalue weighted by Crippen LogP contribution is 2.37. The Bertz CT molecular complexity index is 512. The van der Waals surface area contributed by atoms with Crippen LogP contribution >= 0.6 is 0 Å². The number of aliphatic hydroxyl groups excluding tert-OH is 4. The predicted molar refractivity (Wildman–Crippen MR) is 88.4 cm³/mol. The topological polar surface area (TPSA) is 136 Å². The summed E-state index contributed by atoms with van der Waals surface area (Å²) < 4.78 is 33.7. The maximum atomic E-state index is 10.6. The fraction of sp³-hybridized carbons (Fsp3) is 1.00. The Labute approximate surface area is 157 Å². The number of rotatable bonds is 5. The first kappa shape index (κ1) is 21.3. The second-order valence-corrected chi connectivity index (χ2v) is 8.08. The zero-order valence-corrected chi connectivity index (χ0v) is 16.0. The van der Waals surface area contributed by atoms with E-state index in [1.54, 1.807) is 27.7 Å². The van der Waals surface area contributed by atoms with Gasteiger partial charge in [0.15, 0.2) is 17.9 Å². The van der Waals surface area contributed by atoms with Gasteiger partial charge in [-0.3, -0.25) is 0 Å². The average Bonchev–Trinajstić information content (AvgIpc) is 3.10. The van der Waals surface area contributed by atoms with E-state index in [0.29, 0.717) is 6.61 Å². The van der Waals surface area contributed by atoms with E-state index in [1.165, 1.54) is 0 Å². The Kier molecular flexibility index (Phi) is 6.15. The van der Waals surface area contributed by atoms with E-state index < -0.39 is 60.6 Å². The van der Waals surface area contributed by atoms with Crippen LogP contribution in [-0.4, -0.2) is 101 Å². The smallest absolute Gasteiger partial charge is 0.186 e. The van der Waals surface area contributed by atoms with E-state index in [0.717, 1.165) is 0 Å². The molecule has 0 aromatic heterocycles. The molecule has 10 heteroatoms. The largest absolute Gasteiger partial charge is 0.388 e. The third kappa shape index (κ3) is 4.78. The van der Waals surface area contributed by atoms with Crippen LogP contribution < -0.4 is 0 Å². The lowest BCUT2D eigenvalue weighted by atomic mass is 10.0. The molecule has 0 aromatic carbocycles. The fourth-order valence-electron chi connectivity index (χ4n) is 3.49. The van der Waals surface area contributed by atoms with Crippen molar-refractivity contribution in [3.05, 3.63) is 0 Å². The molecule has 0 spiro atoms. The molecule has 0 bridgehead atoms. The van der Waals surface area contributed by atoms with E-state index in [2.05, 4.69) is 0 Å². The Hall–Kier alpha value is -0.400. The van der Waals surface area contributed by atoms with Crippen LogP contribution in [-0.2, 0) is 28.4 Å². The maximum Gasteiger partial charge on any atom is 0.186 e. The molecular weight excluding hydrogens is 364 g/mol. The van der Waals surface area contributed by atoms with E-state index in [1.807, 2.05) is 0 Å². The van der Waals surface area contributed by atoms with Gasteiger partial charge in [0.1, 0.15) is 42.7 Å². The first-order valence-electron chi connectivity index (χ1n) is 9.12. The molecule has 27 heavy (non-hydrogen) atoms. The van der Waals surface area contributed by atoms with Gasteiger partial charge in [-0.1, -0.05) is 0 Å². The summed E-state index contributed by atoms with van der Waals surface area (Å²) >= 11 is 0. The molecular formula is C17H30O10. The Balaban J connectivity index is 1.59. The second kappa shape index (κ2) is 7.79. The van der Waals surface area contributed by atoms with Gasteiger partial charge in [-0.15, -0.1) is 0 Å². The van der Waals surface area contributed by atoms with Gasteiger partial charge in [0.2, 0.25) is 0 Å². The molecule has 0 unspecified atom stereocenters. The lowest BCUT2D eigenvalue weighted by Gasteiger charge is -2.35. The Morgan fingerprint density at radius 2 is 1.67 bits per heavy atom. The number of hydrogen-bond donors (Lipinski definition) is 4. The second-order valence-electron chi connectivity index (χ2n) is 8.08. The highest BCUT2D eigenvalue weighted by molar-refractivity contribution is 4.94. The van der Waals surface area contributed by atoms with Crippen LogP contribution in [0.25, 0.3) is 0 Å². The zero-order valence-electron chi connectivity index (χ0n) is 16.0. The number of hydrogen-bond acceptors (Lipinski definition) is 10. The van der Waals surface area contributed by atoms with E-state index in [-0.39, 0.29) is 13.2 Å².